The lowest BCUT2D eigenvalue weighted by Crippen LogP contribution is -2.40. The molecule has 0 saturated heterocycles. The van der Waals surface area contributed by atoms with E-state index in [4.69, 9.17) is 4.74 Å². The Balaban J connectivity index is 1.91. The maximum atomic E-state index is 12.2. The number of hydrogen-bond donors (Lipinski definition) is 1. The van der Waals surface area contributed by atoms with E-state index in [0.717, 1.165) is 30.7 Å². The van der Waals surface area contributed by atoms with Gasteiger partial charge in [-0.05, 0) is 32.8 Å². The molecular weight excluding hydrogens is 252 g/mol. The van der Waals surface area contributed by atoms with Gasteiger partial charge in [0.15, 0.2) is 0 Å². The van der Waals surface area contributed by atoms with Gasteiger partial charge < -0.3 is 15.0 Å². The summed E-state index contributed by atoms with van der Waals surface area (Å²) in [6.45, 7) is 5.27. The van der Waals surface area contributed by atoms with Crippen LogP contribution in [0.4, 0.5) is 0 Å². The first-order valence-electron chi connectivity index (χ1n) is 7.33. The van der Waals surface area contributed by atoms with Crippen LogP contribution >= 0.6 is 0 Å². The topological polar surface area (TPSA) is 41.6 Å². The number of nitrogens with zero attached hydrogens (tertiary/aromatic N) is 1. The van der Waals surface area contributed by atoms with Gasteiger partial charge in [0.25, 0.3) is 0 Å². The lowest BCUT2D eigenvalue weighted by Gasteiger charge is -2.22. The summed E-state index contributed by atoms with van der Waals surface area (Å²) in [4.78, 5) is 14.2. The number of methoxy groups -OCH3 is 1. The number of hydrogen-bond acceptors (Lipinski definition) is 3. The molecule has 1 amide bonds. The highest BCUT2D eigenvalue weighted by Gasteiger charge is 2.31. The van der Waals surface area contributed by atoms with E-state index in [1.165, 1.54) is 0 Å². The summed E-state index contributed by atoms with van der Waals surface area (Å²) in [5, 5.41) is 3.30. The van der Waals surface area contributed by atoms with E-state index in [2.05, 4.69) is 12.2 Å². The summed E-state index contributed by atoms with van der Waals surface area (Å²) >= 11 is 0. The maximum absolute atomic E-state index is 12.2. The van der Waals surface area contributed by atoms with Gasteiger partial charge in [-0.25, -0.2) is 0 Å². The minimum absolute atomic E-state index is 0.0907. The molecule has 1 aromatic rings. The van der Waals surface area contributed by atoms with Gasteiger partial charge in [0.1, 0.15) is 5.75 Å². The second-order valence-corrected chi connectivity index (χ2v) is 5.26. The van der Waals surface area contributed by atoms with Crippen molar-refractivity contribution in [2.24, 2.45) is 0 Å². The van der Waals surface area contributed by atoms with Crippen LogP contribution in [0.15, 0.2) is 24.3 Å². The second kappa shape index (κ2) is 6.75. The van der Waals surface area contributed by atoms with E-state index in [-0.39, 0.29) is 11.9 Å². The smallest absolute Gasteiger partial charge is 0.236 e. The Morgan fingerprint density at radius 3 is 2.75 bits per heavy atom. The van der Waals surface area contributed by atoms with Crippen molar-refractivity contribution in [2.45, 2.75) is 38.8 Å². The molecule has 1 aromatic carbocycles. The number of ether oxygens (including phenoxy) is 1. The molecule has 0 bridgehead atoms. The van der Waals surface area contributed by atoms with Gasteiger partial charge in [0.2, 0.25) is 5.91 Å². The predicted molar refractivity (Wildman–Crippen MR) is 79.8 cm³/mol. The number of benzene rings is 1. The summed E-state index contributed by atoms with van der Waals surface area (Å²) in [6.07, 6.45) is 2.31. The molecule has 4 nitrogen and oxygen atoms in total. The first kappa shape index (κ1) is 14.9. The molecule has 0 spiro atoms. The van der Waals surface area contributed by atoms with Gasteiger partial charge in [-0.3, -0.25) is 4.79 Å². The van der Waals surface area contributed by atoms with Gasteiger partial charge in [0.05, 0.1) is 13.7 Å². The number of likely N-dealkylation sites (N-methyl/N-ethyl adjacent to an activating group) is 1. The van der Waals surface area contributed by atoms with E-state index < -0.39 is 0 Å². The molecule has 20 heavy (non-hydrogen) atoms. The fourth-order valence-corrected chi connectivity index (χ4v) is 2.50. The molecule has 1 saturated carbocycles. The van der Waals surface area contributed by atoms with Crippen LogP contribution in [0.5, 0.6) is 5.75 Å². The Morgan fingerprint density at radius 2 is 2.15 bits per heavy atom. The second-order valence-electron chi connectivity index (χ2n) is 5.26. The Hall–Kier alpha value is -1.55. The minimum atomic E-state index is 0.0907. The zero-order valence-electron chi connectivity index (χ0n) is 12.6. The highest BCUT2D eigenvalue weighted by molar-refractivity contribution is 5.79. The third-order valence-corrected chi connectivity index (χ3v) is 3.81. The normalized spacial score (nSPS) is 15.8. The Bertz CT molecular complexity index is 458. The maximum Gasteiger partial charge on any atom is 0.236 e. The van der Waals surface area contributed by atoms with Crippen molar-refractivity contribution in [3.63, 3.8) is 0 Å². The average Bonchev–Trinajstić information content (AvgIpc) is 3.30. The fraction of sp³-hybridized carbons (Fsp3) is 0.562. The molecule has 0 unspecified atom stereocenters. The Morgan fingerprint density at radius 1 is 1.45 bits per heavy atom. The van der Waals surface area contributed by atoms with Crippen molar-refractivity contribution < 1.29 is 9.53 Å². The molecule has 0 radical (unpaired) electrons. The third kappa shape index (κ3) is 3.51. The summed E-state index contributed by atoms with van der Waals surface area (Å²) in [6, 6.07) is 8.48. The molecule has 1 N–H and O–H groups in total. The van der Waals surface area contributed by atoms with E-state index in [1.807, 2.05) is 36.1 Å². The van der Waals surface area contributed by atoms with Gasteiger partial charge in [0, 0.05) is 24.2 Å². The highest BCUT2D eigenvalue weighted by Crippen LogP contribution is 2.27. The van der Waals surface area contributed by atoms with Crippen molar-refractivity contribution in [1.29, 1.82) is 0 Å². The molecule has 1 aliphatic carbocycles. The van der Waals surface area contributed by atoms with Crippen LogP contribution in [0, 0.1) is 0 Å². The lowest BCUT2D eigenvalue weighted by molar-refractivity contribution is -0.130. The first-order valence-corrected chi connectivity index (χ1v) is 7.33. The molecule has 0 aromatic heterocycles. The van der Waals surface area contributed by atoms with Crippen LogP contribution in [0.1, 0.15) is 38.3 Å². The van der Waals surface area contributed by atoms with Crippen LogP contribution in [0.3, 0.4) is 0 Å². The summed E-state index contributed by atoms with van der Waals surface area (Å²) in [5.41, 5.74) is 1.08. The molecule has 1 aliphatic rings. The number of nitrogens with one attached hydrogen (secondary N) is 1. The zero-order chi connectivity index (χ0) is 14.5. The minimum Gasteiger partial charge on any atom is -0.496 e. The van der Waals surface area contributed by atoms with Crippen molar-refractivity contribution in [3.8, 4) is 5.75 Å². The average molecular weight is 276 g/mol. The van der Waals surface area contributed by atoms with Gasteiger partial charge >= 0.3 is 0 Å². The van der Waals surface area contributed by atoms with Gasteiger partial charge in [-0.1, -0.05) is 18.2 Å². The molecular formula is C16H24N2O2. The quantitative estimate of drug-likeness (QED) is 0.831. The fourth-order valence-electron chi connectivity index (χ4n) is 2.50. The van der Waals surface area contributed by atoms with Crippen LogP contribution in [0.25, 0.3) is 0 Å². The summed E-state index contributed by atoms with van der Waals surface area (Å²) in [5.74, 6) is 1.05. The number of rotatable bonds is 7. The molecule has 0 heterocycles. The lowest BCUT2D eigenvalue weighted by atomic mass is 10.1. The predicted octanol–water partition coefficient (Wildman–Crippen LogP) is 2.36. The molecule has 1 fully saturated rings. The van der Waals surface area contributed by atoms with Crippen molar-refractivity contribution in [2.75, 3.05) is 20.2 Å². The third-order valence-electron chi connectivity index (χ3n) is 3.81. The molecule has 4 heteroatoms. The highest BCUT2D eigenvalue weighted by atomic mass is 16.5. The van der Waals surface area contributed by atoms with Crippen LogP contribution in [-0.4, -0.2) is 37.0 Å². The zero-order valence-corrected chi connectivity index (χ0v) is 12.6. The van der Waals surface area contributed by atoms with E-state index in [1.54, 1.807) is 7.11 Å². The monoisotopic (exact) mass is 276 g/mol. The van der Waals surface area contributed by atoms with Crippen molar-refractivity contribution in [3.05, 3.63) is 29.8 Å². The van der Waals surface area contributed by atoms with Crippen LogP contribution < -0.4 is 10.1 Å². The first-order chi connectivity index (χ1) is 9.67. The molecule has 1 atom stereocenters. The van der Waals surface area contributed by atoms with Crippen LogP contribution in [0.2, 0.25) is 0 Å². The number of para-hydroxylation sites is 1. The summed E-state index contributed by atoms with van der Waals surface area (Å²) < 4.78 is 5.35. The largest absolute Gasteiger partial charge is 0.496 e. The standard InChI is InChI=1S/C16H24N2O2/c1-4-18(13-9-10-13)16(19)11-17-12(2)14-7-5-6-8-15(14)20-3/h5-8,12-13,17H,4,9-11H2,1-3H3/t12-/m0/s1. The Kier molecular flexibility index (Phi) is 5.01. The van der Waals surface area contributed by atoms with Crippen molar-refractivity contribution in [1.82, 2.24) is 10.2 Å². The number of carbonyl (C=O) groups excluding carboxylic acids is 1. The van der Waals surface area contributed by atoms with Crippen molar-refractivity contribution >= 4 is 5.91 Å². The van der Waals surface area contributed by atoms with E-state index in [9.17, 15) is 4.79 Å². The van der Waals surface area contributed by atoms with E-state index in [0.29, 0.717) is 12.6 Å². The number of amides is 1. The number of carbonyl (C=O) groups is 1. The van der Waals surface area contributed by atoms with Gasteiger partial charge in [-0.15, -0.1) is 0 Å². The summed E-state index contributed by atoms with van der Waals surface area (Å²) in [7, 11) is 1.67. The molecule has 110 valence electrons. The Labute approximate surface area is 121 Å². The van der Waals surface area contributed by atoms with Gasteiger partial charge in [-0.2, -0.15) is 0 Å². The SMILES string of the molecule is CCN(C(=O)CN[C@@H](C)c1ccccc1OC)C1CC1. The van der Waals surface area contributed by atoms with E-state index >= 15 is 0 Å². The molecule has 0 aliphatic heterocycles. The van der Waals surface area contributed by atoms with Crippen LogP contribution in [-0.2, 0) is 4.79 Å². The molecule has 2 rings (SSSR count).